The number of carbonyl (C=O) groups excluding carboxylic acids is 1. The van der Waals surface area contributed by atoms with Gasteiger partial charge in [-0.2, -0.15) is 0 Å². The summed E-state index contributed by atoms with van der Waals surface area (Å²) in [5.41, 5.74) is 6.38. The fourth-order valence-corrected chi connectivity index (χ4v) is 1.80. The Bertz CT molecular complexity index is 636. The lowest BCUT2D eigenvalue weighted by molar-refractivity contribution is 0.102. The zero-order chi connectivity index (χ0) is 13.4. The van der Waals surface area contributed by atoms with Crippen LogP contribution in [0.3, 0.4) is 0 Å². The molecule has 1 aromatic heterocycles. The van der Waals surface area contributed by atoms with Crippen molar-refractivity contribution in [1.29, 1.82) is 0 Å². The van der Waals surface area contributed by atoms with E-state index in [0.29, 0.717) is 28.1 Å². The Labute approximate surface area is 113 Å². The van der Waals surface area contributed by atoms with Crippen LogP contribution in [0.15, 0.2) is 22.6 Å². The first-order valence-corrected chi connectivity index (χ1v) is 6.21. The Hall–Kier alpha value is -2.08. The molecule has 19 heavy (non-hydrogen) atoms. The third-order valence-corrected chi connectivity index (χ3v) is 3.18. The molecular weight excluding hydrogens is 268 g/mol. The van der Waals surface area contributed by atoms with Gasteiger partial charge in [0.2, 0.25) is 5.89 Å². The summed E-state index contributed by atoms with van der Waals surface area (Å²) in [5, 5.41) is 10.5. The van der Waals surface area contributed by atoms with Crippen LogP contribution in [0.1, 0.15) is 35.0 Å². The predicted molar refractivity (Wildman–Crippen MR) is 70.1 cm³/mol. The molecule has 3 N–H and O–H groups in total. The number of nitrogens with zero attached hydrogens (tertiary/aromatic N) is 2. The predicted octanol–water partition coefficient (Wildman–Crippen LogP) is 2.43. The number of benzene rings is 1. The third kappa shape index (κ3) is 2.53. The summed E-state index contributed by atoms with van der Waals surface area (Å²) in [6, 6.07) is 4.74. The second-order valence-electron chi connectivity index (χ2n) is 4.41. The molecule has 1 aliphatic rings. The summed E-state index contributed by atoms with van der Waals surface area (Å²) in [4.78, 5) is 11.9. The van der Waals surface area contributed by atoms with Crippen LogP contribution in [0.2, 0.25) is 5.02 Å². The van der Waals surface area contributed by atoms with Crippen LogP contribution in [-0.2, 0) is 0 Å². The number of aromatic nitrogens is 2. The molecule has 2 aromatic rings. The molecule has 7 heteroatoms. The van der Waals surface area contributed by atoms with Crippen LogP contribution >= 0.6 is 11.6 Å². The van der Waals surface area contributed by atoms with Gasteiger partial charge in [0.05, 0.1) is 10.7 Å². The van der Waals surface area contributed by atoms with Crippen molar-refractivity contribution in [1.82, 2.24) is 10.2 Å². The topological polar surface area (TPSA) is 94.0 Å². The van der Waals surface area contributed by atoms with Crippen molar-refractivity contribution < 1.29 is 9.21 Å². The quantitative estimate of drug-likeness (QED) is 0.841. The molecule has 0 radical (unpaired) electrons. The van der Waals surface area contributed by atoms with E-state index in [9.17, 15) is 4.79 Å². The van der Waals surface area contributed by atoms with E-state index in [-0.39, 0.29) is 11.9 Å². The number of nitrogens with one attached hydrogen (secondary N) is 1. The number of hydrogen-bond donors (Lipinski definition) is 2. The molecule has 1 fully saturated rings. The Balaban J connectivity index is 1.74. The van der Waals surface area contributed by atoms with Gasteiger partial charge in [0, 0.05) is 11.5 Å². The van der Waals surface area contributed by atoms with Crippen molar-refractivity contribution in [2.75, 3.05) is 11.1 Å². The molecule has 1 heterocycles. The number of hydrogen-bond acceptors (Lipinski definition) is 5. The van der Waals surface area contributed by atoms with Gasteiger partial charge in [-0.3, -0.25) is 10.1 Å². The fourth-order valence-electron chi connectivity index (χ4n) is 1.62. The molecule has 1 aromatic carbocycles. The Morgan fingerprint density at radius 3 is 2.89 bits per heavy atom. The average molecular weight is 279 g/mol. The number of nitrogen functional groups attached to an aromatic ring is 1. The van der Waals surface area contributed by atoms with Crippen molar-refractivity contribution in [3.05, 3.63) is 34.7 Å². The van der Waals surface area contributed by atoms with E-state index in [4.69, 9.17) is 21.8 Å². The van der Waals surface area contributed by atoms with Crippen LogP contribution in [0.5, 0.6) is 0 Å². The van der Waals surface area contributed by atoms with E-state index < -0.39 is 0 Å². The van der Waals surface area contributed by atoms with Gasteiger partial charge in [0.25, 0.3) is 5.91 Å². The van der Waals surface area contributed by atoms with Gasteiger partial charge in [-0.1, -0.05) is 16.7 Å². The molecule has 0 saturated heterocycles. The van der Waals surface area contributed by atoms with E-state index in [1.54, 1.807) is 12.1 Å². The Morgan fingerprint density at radius 1 is 1.42 bits per heavy atom. The highest BCUT2D eigenvalue weighted by Crippen LogP contribution is 2.39. The molecule has 98 valence electrons. The standard InChI is InChI=1S/C12H11ClN4O2/c13-8-5-7(3-4-9(8)14)10(18)15-12-17-16-11(19-12)6-1-2-6/h3-6H,1-2,14H2,(H,15,17,18). The van der Waals surface area contributed by atoms with Crippen LogP contribution in [0.4, 0.5) is 11.7 Å². The first-order valence-electron chi connectivity index (χ1n) is 5.83. The number of carbonyl (C=O) groups is 1. The molecule has 1 aliphatic carbocycles. The van der Waals surface area contributed by atoms with Crippen LogP contribution < -0.4 is 11.1 Å². The van der Waals surface area contributed by atoms with Gasteiger partial charge >= 0.3 is 6.01 Å². The minimum absolute atomic E-state index is 0.0971. The van der Waals surface area contributed by atoms with E-state index >= 15 is 0 Å². The smallest absolute Gasteiger partial charge is 0.322 e. The van der Waals surface area contributed by atoms with Crippen LogP contribution in [0, 0.1) is 0 Å². The molecule has 6 nitrogen and oxygen atoms in total. The fraction of sp³-hybridized carbons (Fsp3) is 0.250. The van der Waals surface area contributed by atoms with E-state index in [1.165, 1.54) is 6.07 Å². The molecular formula is C12H11ClN4O2. The molecule has 0 bridgehead atoms. The maximum Gasteiger partial charge on any atom is 0.322 e. The molecule has 0 spiro atoms. The van der Waals surface area contributed by atoms with Crippen molar-refractivity contribution in [3.8, 4) is 0 Å². The van der Waals surface area contributed by atoms with Crippen LogP contribution in [0.25, 0.3) is 0 Å². The number of halogens is 1. The third-order valence-electron chi connectivity index (χ3n) is 2.85. The maximum atomic E-state index is 11.9. The maximum absolute atomic E-state index is 11.9. The van der Waals surface area contributed by atoms with Crippen molar-refractivity contribution >= 4 is 29.2 Å². The highest BCUT2D eigenvalue weighted by Gasteiger charge is 2.29. The first kappa shape index (κ1) is 12.0. The molecule has 1 amide bonds. The molecule has 0 unspecified atom stereocenters. The molecule has 0 aliphatic heterocycles. The minimum atomic E-state index is -0.368. The second-order valence-corrected chi connectivity index (χ2v) is 4.82. The highest BCUT2D eigenvalue weighted by atomic mass is 35.5. The number of nitrogens with two attached hydrogens (primary N) is 1. The largest absolute Gasteiger partial charge is 0.408 e. The summed E-state index contributed by atoms with van der Waals surface area (Å²) in [7, 11) is 0. The summed E-state index contributed by atoms with van der Waals surface area (Å²) in [6.45, 7) is 0. The van der Waals surface area contributed by atoms with Gasteiger partial charge in [0.15, 0.2) is 0 Å². The first-order chi connectivity index (χ1) is 9.13. The van der Waals surface area contributed by atoms with Gasteiger partial charge in [-0.25, -0.2) is 0 Å². The van der Waals surface area contributed by atoms with Gasteiger partial charge in [-0.05, 0) is 31.0 Å². The lowest BCUT2D eigenvalue weighted by Gasteiger charge is -2.02. The highest BCUT2D eigenvalue weighted by molar-refractivity contribution is 6.33. The van der Waals surface area contributed by atoms with Crippen molar-refractivity contribution in [2.24, 2.45) is 0 Å². The SMILES string of the molecule is Nc1ccc(C(=O)Nc2nnc(C3CC3)o2)cc1Cl. The summed E-state index contributed by atoms with van der Waals surface area (Å²) < 4.78 is 5.34. The lowest BCUT2D eigenvalue weighted by Crippen LogP contribution is -2.12. The number of rotatable bonds is 3. The Kier molecular flexibility index (Phi) is 2.87. The molecule has 3 rings (SSSR count). The van der Waals surface area contributed by atoms with E-state index in [1.807, 2.05) is 0 Å². The van der Waals surface area contributed by atoms with Gasteiger partial charge < -0.3 is 10.2 Å². The number of amides is 1. The Morgan fingerprint density at radius 2 is 2.21 bits per heavy atom. The monoisotopic (exact) mass is 278 g/mol. The van der Waals surface area contributed by atoms with Gasteiger partial charge in [-0.15, -0.1) is 5.10 Å². The summed E-state index contributed by atoms with van der Waals surface area (Å²) >= 11 is 5.86. The van der Waals surface area contributed by atoms with Gasteiger partial charge in [0.1, 0.15) is 0 Å². The zero-order valence-electron chi connectivity index (χ0n) is 9.89. The van der Waals surface area contributed by atoms with E-state index in [0.717, 1.165) is 12.8 Å². The van der Waals surface area contributed by atoms with Crippen molar-refractivity contribution in [3.63, 3.8) is 0 Å². The minimum Gasteiger partial charge on any atom is -0.408 e. The lowest BCUT2D eigenvalue weighted by atomic mass is 10.2. The van der Waals surface area contributed by atoms with E-state index in [2.05, 4.69) is 15.5 Å². The number of anilines is 2. The second kappa shape index (κ2) is 4.55. The zero-order valence-corrected chi connectivity index (χ0v) is 10.6. The summed E-state index contributed by atoms with van der Waals surface area (Å²) in [6.07, 6.45) is 2.12. The average Bonchev–Trinajstić information content (AvgIpc) is 3.14. The summed E-state index contributed by atoms with van der Waals surface area (Å²) in [5.74, 6) is 0.558. The molecule has 1 saturated carbocycles. The van der Waals surface area contributed by atoms with Crippen molar-refractivity contribution in [2.45, 2.75) is 18.8 Å². The molecule has 0 atom stereocenters. The normalized spacial score (nSPS) is 14.4. The van der Waals surface area contributed by atoms with Crippen LogP contribution in [-0.4, -0.2) is 16.1 Å².